The van der Waals surface area contributed by atoms with Gasteiger partial charge in [-0.15, -0.1) is 0 Å². The molecule has 2 aromatic carbocycles. The van der Waals surface area contributed by atoms with Crippen molar-refractivity contribution in [3.63, 3.8) is 0 Å². The van der Waals surface area contributed by atoms with Crippen LogP contribution in [-0.2, 0) is 25.7 Å². The predicted molar refractivity (Wildman–Crippen MR) is 114 cm³/mol. The van der Waals surface area contributed by atoms with Crippen molar-refractivity contribution in [1.29, 1.82) is 0 Å². The van der Waals surface area contributed by atoms with E-state index in [1.165, 1.54) is 12.1 Å². The van der Waals surface area contributed by atoms with Gasteiger partial charge in [-0.3, -0.25) is 4.90 Å². The van der Waals surface area contributed by atoms with E-state index in [1.54, 1.807) is 6.20 Å². The lowest BCUT2D eigenvalue weighted by Gasteiger charge is -2.27. The van der Waals surface area contributed by atoms with E-state index in [0.717, 1.165) is 60.7 Å². The van der Waals surface area contributed by atoms with Gasteiger partial charge in [-0.1, -0.05) is 30.3 Å². The summed E-state index contributed by atoms with van der Waals surface area (Å²) in [7, 11) is 0. The molecule has 0 bridgehead atoms. The molecule has 0 N–H and O–H groups in total. The van der Waals surface area contributed by atoms with Crippen molar-refractivity contribution < 1.29 is 13.2 Å². The Hall–Kier alpha value is -3.52. The summed E-state index contributed by atoms with van der Waals surface area (Å²) in [6.45, 7) is 2.33. The van der Waals surface area contributed by atoms with Crippen molar-refractivity contribution in [2.24, 2.45) is 0 Å². The van der Waals surface area contributed by atoms with Crippen LogP contribution < -0.4 is 0 Å². The Morgan fingerprint density at radius 1 is 0.938 bits per heavy atom. The lowest BCUT2D eigenvalue weighted by Crippen LogP contribution is -2.30. The van der Waals surface area contributed by atoms with Crippen molar-refractivity contribution in [3.05, 3.63) is 95.6 Å². The second-order valence-corrected chi connectivity index (χ2v) is 7.83. The van der Waals surface area contributed by atoms with Crippen LogP contribution in [0.4, 0.5) is 13.2 Å². The van der Waals surface area contributed by atoms with E-state index in [9.17, 15) is 13.2 Å². The number of para-hydroxylation sites is 1. The molecule has 3 heterocycles. The van der Waals surface area contributed by atoms with Gasteiger partial charge in [0.2, 0.25) is 0 Å². The van der Waals surface area contributed by atoms with Gasteiger partial charge in [-0.2, -0.15) is 18.3 Å². The van der Waals surface area contributed by atoms with Gasteiger partial charge in [0.1, 0.15) is 0 Å². The van der Waals surface area contributed by atoms with E-state index in [4.69, 9.17) is 0 Å². The zero-order valence-corrected chi connectivity index (χ0v) is 17.1. The summed E-state index contributed by atoms with van der Waals surface area (Å²) in [5.41, 5.74) is 4.04. The normalized spacial score (nSPS) is 14.3. The molecule has 1 aliphatic heterocycles. The van der Waals surface area contributed by atoms with Gasteiger partial charge in [0, 0.05) is 55.1 Å². The largest absolute Gasteiger partial charge is 0.416 e. The molecule has 0 saturated carbocycles. The molecule has 0 radical (unpaired) electrons. The molecule has 0 aliphatic carbocycles. The van der Waals surface area contributed by atoms with E-state index in [2.05, 4.69) is 20.0 Å². The molecule has 5 nitrogen and oxygen atoms in total. The molecule has 162 valence electrons. The van der Waals surface area contributed by atoms with Gasteiger partial charge < -0.3 is 0 Å². The first kappa shape index (κ1) is 20.4. The highest BCUT2D eigenvalue weighted by atomic mass is 19.4. The van der Waals surface area contributed by atoms with Gasteiger partial charge in [0.25, 0.3) is 0 Å². The van der Waals surface area contributed by atoms with E-state index < -0.39 is 11.7 Å². The molecule has 32 heavy (non-hydrogen) atoms. The third-order valence-electron chi connectivity index (χ3n) is 5.55. The van der Waals surface area contributed by atoms with Crippen LogP contribution in [0, 0.1) is 0 Å². The third kappa shape index (κ3) is 4.27. The Bertz CT molecular complexity index is 1220. The van der Waals surface area contributed by atoms with Crippen molar-refractivity contribution in [2.75, 3.05) is 6.54 Å². The van der Waals surface area contributed by atoms with Crippen molar-refractivity contribution in [3.8, 4) is 17.1 Å². The van der Waals surface area contributed by atoms with E-state index in [0.29, 0.717) is 11.4 Å². The van der Waals surface area contributed by atoms with Crippen LogP contribution in [0.25, 0.3) is 17.1 Å². The topological polar surface area (TPSA) is 46.8 Å². The first-order valence-corrected chi connectivity index (χ1v) is 10.3. The van der Waals surface area contributed by atoms with Crippen LogP contribution in [0.5, 0.6) is 0 Å². The second-order valence-electron chi connectivity index (χ2n) is 7.83. The molecule has 5 rings (SSSR count). The number of fused-ring (bicyclic) bond motifs is 1. The van der Waals surface area contributed by atoms with Crippen LogP contribution >= 0.6 is 0 Å². The molecule has 0 amide bonds. The summed E-state index contributed by atoms with van der Waals surface area (Å²) in [4.78, 5) is 11.3. The van der Waals surface area contributed by atoms with Crippen LogP contribution in [0.3, 0.4) is 0 Å². The minimum atomic E-state index is -4.35. The SMILES string of the molecule is FC(F)(F)c1ccc(-c2ncc3c(n2)CCN(Cc2cnn(-c4ccccc4)c2)C3)cc1. The van der Waals surface area contributed by atoms with Crippen molar-refractivity contribution >= 4 is 0 Å². The highest BCUT2D eigenvalue weighted by molar-refractivity contribution is 5.56. The fraction of sp³-hybridized carbons (Fsp3) is 0.208. The average Bonchev–Trinajstić information content (AvgIpc) is 3.27. The summed E-state index contributed by atoms with van der Waals surface area (Å²) >= 11 is 0. The summed E-state index contributed by atoms with van der Waals surface area (Å²) in [6, 6.07) is 14.9. The first-order chi connectivity index (χ1) is 15.5. The van der Waals surface area contributed by atoms with Gasteiger partial charge in [-0.05, 0) is 24.3 Å². The lowest BCUT2D eigenvalue weighted by molar-refractivity contribution is -0.137. The highest BCUT2D eigenvalue weighted by Crippen LogP contribution is 2.30. The maximum atomic E-state index is 12.8. The first-order valence-electron chi connectivity index (χ1n) is 10.3. The van der Waals surface area contributed by atoms with E-state index in [1.807, 2.05) is 47.4 Å². The van der Waals surface area contributed by atoms with E-state index >= 15 is 0 Å². The van der Waals surface area contributed by atoms with Crippen LogP contribution in [0.15, 0.2) is 73.2 Å². The second kappa shape index (κ2) is 8.20. The van der Waals surface area contributed by atoms with Gasteiger partial charge in [0.15, 0.2) is 5.82 Å². The number of hydrogen-bond donors (Lipinski definition) is 0. The number of aromatic nitrogens is 4. The summed E-state index contributed by atoms with van der Waals surface area (Å²) in [5, 5.41) is 4.46. The Morgan fingerprint density at radius 2 is 1.72 bits per heavy atom. The standard InChI is InChI=1S/C24H20F3N5/c25-24(26,27)20-8-6-18(7-9-20)23-28-13-19-16-31(11-10-22(19)30-23)14-17-12-29-32(15-17)21-4-2-1-3-5-21/h1-9,12-13,15H,10-11,14,16H2. The summed E-state index contributed by atoms with van der Waals surface area (Å²) < 4.78 is 40.2. The van der Waals surface area contributed by atoms with Crippen LogP contribution in [-0.4, -0.2) is 31.2 Å². The molecule has 0 unspecified atom stereocenters. The fourth-order valence-corrected chi connectivity index (χ4v) is 3.88. The summed E-state index contributed by atoms with van der Waals surface area (Å²) in [6.07, 6.45) is 2.12. The molecule has 0 fully saturated rings. The molecule has 0 atom stereocenters. The predicted octanol–water partition coefficient (Wildman–Crippen LogP) is 4.91. The molecule has 2 aromatic heterocycles. The molecular weight excluding hydrogens is 415 g/mol. The molecule has 1 aliphatic rings. The minimum Gasteiger partial charge on any atom is -0.294 e. The number of rotatable bonds is 4. The Labute approximate surface area is 183 Å². The van der Waals surface area contributed by atoms with Gasteiger partial charge in [0.05, 0.1) is 23.1 Å². The zero-order valence-electron chi connectivity index (χ0n) is 17.1. The van der Waals surface area contributed by atoms with Gasteiger partial charge in [-0.25, -0.2) is 14.6 Å². The maximum absolute atomic E-state index is 12.8. The highest BCUT2D eigenvalue weighted by Gasteiger charge is 2.30. The van der Waals surface area contributed by atoms with Gasteiger partial charge >= 0.3 is 6.18 Å². The molecule has 4 aromatic rings. The minimum absolute atomic E-state index is 0.454. The number of nitrogens with zero attached hydrogens (tertiary/aromatic N) is 5. The number of halogens is 3. The Balaban J connectivity index is 1.27. The molecule has 0 saturated heterocycles. The Morgan fingerprint density at radius 3 is 2.47 bits per heavy atom. The maximum Gasteiger partial charge on any atom is 0.416 e. The quantitative estimate of drug-likeness (QED) is 0.457. The summed E-state index contributed by atoms with van der Waals surface area (Å²) in [5.74, 6) is 0.454. The number of alkyl halides is 3. The lowest BCUT2D eigenvalue weighted by atomic mass is 10.1. The number of hydrogen-bond acceptors (Lipinski definition) is 4. The monoisotopic (exact) mass is 435 g/mol. The average molecular weight is 435 g/mol. The number of benzene rings is 2. The third-order valence-corrected chi connectivity index (χ3v) is 5.55. The van der Waals surface area contributed by atoms with Crippen LogP contribution in [0.2, 0.25) is 0 Å². The van der Waals surface area contributed by atoms with Crippen molar-refractivity contribution in [2.45, 2.75) is 25.7 Å². The Kier molecular flexibility index (Phi) is 5.22. The van der Waals surface area contributed by atoms with Crippen molar-refractivity contribution in [1.82, 2.24) is 24.6 Å². The van der Waals surface area contributed by atoms with Crippen LogP contribution in [0.1, 0.15) is 22.4 Å². The molecular formula is C24H20F3N5. The fourth-order valence-electron chi connectivity index (χ4n) is 3.88. The molecule has 8 heteroatoms. The zero-order chi connectivity index (χ0) is 22.1. The van der Waals surface area contributed by atoms with E-state index in [-0.39, 0.29) is 0 Å². The molecule has 0 spiro atoms. The smallest absolute Gasteiger partial charge is 0.294 e.